The molecule has 0 amide bonds. The van der Waals surface area contributed by atoms with Gasteiger partial charge in [0.1, 0.15) is 0 Å². The summed E-state index contributed by atoms with van der Waals surface area (Å²) in [6, 6.07) is 1.34. The first-order valence-corrected chi connectivity index (χ1v) is 8.86. The second-order valence-corrected chi connectivity index (χ2v) is 7.33. The predicted octanol–water partition coefficient (Wildman–Crippen LogP) is 1.69. The third-order valence-corrected chi connectivity index (χ3v) is 5.67. The van der Waals surface area contributed by atoms with E-state index in [1.54, 1.807) is 0 Å². The Bertz CT molecular complexity index is 312. The van der Waals surface area contributed by atoms with E-state index in [-0.39, 0.29) is 12.1 Å². The molecule has 0 aromatic carbocycles. The number of nitrogens with one attached hydrogen (secondary N) is 1. The highest BCUT2D eigenvalue weighted by molar-refractivity contribution is 4.96. The van der Waals surface area contributed by atoms with Gasteiger partial charge in [0.2, 0.25) is 0 Å². The Balaban J connectivity index is 1.89. The molecule has 1 saturated heterocycles. The van der Waals surface area contributed by atoms with Crippen LogP contribution in [0.4, 0.5) is 0 Å². The fraction of sp³-hybridized carbons (Fsp3) is 1.00. The fourth-order valence-electron chi connectivity index (χ4n) is 4.15. The lowest BCUT2D eigenvalue weighted by Gasteiger charge is -2.44. The fourth-order valence-corrected chi connectivity index (χ4v) is 4.15. The Morgan fingerprint density at radius 1 is 1.33 bits per heavy atom. The molecule has 2 rings (SSSR count). The molecule has 0 bridgehead atoms. The second-order valence-electron chi connectivity index (χ2n) is 7.33. The van der Waals surface area contributed by atoms with Gasteiger partial charge in [0.25, 0.3) is 0 Å². The lowest BCUT2D eigenvalue weighted by atomic mass is 9.78. The van der Waals surface area contributed by atoms with Crippen molar-refractivity contribution in [2.45, 2.75) is 69.5 Å². The first kappa shape index (κ1) is 17.2. The largest absolute Gasteiger partial charge is 0.394 e. The first-order chi connectivity index (χ1) is 10.1. The number of likely N-dealkylation sites (N-methyl/N-ethyl adjacent to an activating group) is 2. The normalized spacial score (nSPS) is 34.7. The van der Waals surface area contributed by atoms with E-state index in [2.05, 4.69) is 36.1 Å². The minimum atomic E-state index is -0.0330. The van der Waals surface area contributed by atoms with E-state index in [0.29, 0.717) is 6.04 Å². The van der Waals surface area contributed by atoms with E-state index in [9.17, 15) is 5.11 Å². The minimum Gasteiger partial charge on any atom is -0.394 e. The van der Waals surface area contributed by atoms with Crippen LogP contribution in [0.3, 0.4) is 0 Å². The Morgan fingerprint density at radius 2 is 2.14 bits per heavy atom. The van der Waals surface area contributed by atoms with Crippen molar-refractivity contribution < 1.29 is 5.11 Å². The zero-order valence-electron chi connectivity index (χ0n) is 14.3. The molecule has 1 saturated carbocycles. The van der Waals surface area contributed by atoms with E-state index in [1.807, 2.05) is 0 Å². The highest BCUT2D eigenvalue weighted by Gasteiger charge is 2.37. The second kappa shape index (κ2) is 7.91. The molecule has 0 aromatic heterocycles. The lowest BCUT2D eigenvalue weighted by molar-refractivity contribution is 0.0614. The van der Waals surface area contributed by atoms with Crippen LogP contribution < -0.4 is 5.32 Å². The van der Waals surface area contributed by atoms with Crippen LogP contribution in [-0.2, 0) is 0 Å². The summed E-state index contributed by atoms with van der Waals surface area (Å²) in [5, 5.41) is 13.5. The van der Waals surface area contributed by atoms with Crippen LogP contribution in [0, 0.1) is 0 Å². The standard InChI is InChI=1S/C17H35N3O/c1-4-10-18-17(14-21)9-5-7-15(12-17)20(3)13-16-8-6-11-19(16)2/h15-16,18,21H,4-14H2,1-3H3. The highest BCUT2D eigenvalue weighted by Crippen LogP contribution is 2.31. The van der Waals surface area contributed by atoms with Crippen molar-refractivity contribution in [3.8, 4) is 0 Å². The van der Waals surface area contributed by atoms with Gasteiger partial charge in [-0.2, -0.15) is 0 Å². The molecule has 2 fully saturated rings. The van der Waals surface area contributed by atoms with Crippen LogP contribution in [0.2, 0.25) is 0 Å². The van der Waals surface area contributed by atoms with Crippen LogP contribution in [0.1, 0.15) is 51.9 Å². The zero-order chi connectivity index (χ0) is 15.3. The zero-order valence-corrected chi connectivity index (χ0v) is 14.3. The summed E-state index contributed by atoms with van der Waals surface area (Å²) in [6.45, 7) is 5.92. The number of nitrogens with zero attached hydrogens (tertiary/aromatic N) is 2. The Hall–Kier alpha value is -0.160. The summed E-state index contributed by atoms with van der Waals surface area (Å²) in [5.41, 5.74) is -0.0330. The molecular weight excluding hydrogens is 262 g/mol. The number of rotatable bonds is 7. The SMILES string of the molecule is CCCNC1(CO)CCCC(N(C)CC2CCCN2C)C1. The number of hydrogen-bond donors (Lipinski definition) is 2. The van der Waals surface area contributed by atoms with Crippen LogP contribution in [0.5, 0.6) is 0 Å². The summed E-state index contributed by atoms with van der Waals surface area (Å²) in [5.74, 6) is 0. The van der Waals surface area contributed by atoms with Crippen molar-refractivity contribution in [1.29, 1.82) is 0 Å². The van der Waals surface area contributed by atoms with Gasteiger partial charge in [-0.15, -0.1) is 0 Å². The average Bonchev–Trinajstić information content (AvgIpc) is 2.90. The van der Waals surface area contributed by atoms with Gasteiger partial charge in [-0.1, -0.05) is 6.92 Å². The molecule has 2 N–H and O–H groups in total. The van der Waals surface area contributed by atoms with Gasteiger partial charge in [0.15, 0.2) is 0 Å². The lowest BCUT2D eigenvalue weighted by Crippen LogP contribution is -2.56. The molecule has 1 heterocycles. The third-order valence-electron chi connectivity index (χ3n) is 5.67. The number of aliphatic hydroxyl groups is 1. The van der Waals surface area contributed by atoms with E-state index < -0.39 is 0 Å². The third kappa shape index (κ3) is 4.41. The van der Waals surface area contributed by atoms with Gasteiger partial charge in [-0.3, -0.25) is 0 Å². The van der Waals surface area contributed by atoms with E-state index in [4.69, 9.17) is 0 Å². The summed E-state index contributed by atoms with van der Waals surface area (Å²) in [7, 11) is 4.54. The van der Waals surface area contributed by atoms with Crippen LogP contribution >= 0.6 is 0 Å². The van der Waals surface area contributed by atoms with Crippen LogP contribution in [0.15, 0.2) is 0 Å². The Morgan fingerprint density at radius 3 is 2.76 bits per heavy atom. The summed E-state index contributed by atoms with van der Waals surface area (Å²) >= 11 is 0. The summed E-state index contributed by atoms with van der Waals surface area (Å²) in [6.07, 6.45) is 8.54. The number of likely N-dealkylation sites (tertiary alicyclic amines) is 1. The molecule has 0 spiro atoms. The number of aliphatic hydroxyl groups excluding tert-OH is 1. The molecule has 4 heteroatoms. The van der Waals surface area contributed by atoms with Gasteiger partial charge < -0.3 is 20.2 Å². The van der Waals surface area contributed by atoms with E-state index >= 15 is 0 Å². The Kier molecular flexibility index (Phi) is 6.48. The molecular formula is C17H35N3O. The molecule has 0 radical (unpaired) electrons. The maximum absolute atomic E-state index is 9.90. The molecule has 4 nitrogen and oxygen atoms in total. The smallest absolute Gasteiger partial charge is 0.0613 e. The summed E-state index contributed by atoms with van der Waals surface area (Å²) < 4.78 is 0. The molecule has 124 valence electrons. The monoisotopic (exact) mass is 297 g/mol. The quantitative estimate of drug-likeness (QED) is 0.750. The predicted molar refractivity (Wildman–Crippen MR) is 88.6 cm³/mol. The van der Waals surface area contributed by atoms with Crippen LogP contribution in [-0.4, -0.2) is 72.9 Å². The van der Waals surface area contributed by atoms with Crippen molar-refractivity contribution in [3.05, 3.63) is 0 Å². The number of hydrogen-bond acceptors (Lipinski definition) is 4. The minimum absolute atomic E-state index is 0.0330. The van der Waals surface area contributed by atoms with Gasteiger partial charge in [0, 0.05) is 24.2 Å². The van der Waals surface area contributed by atoms with Crippen molar-refractivity contribution in [2.24, 2.45) is 0 Å². The maximum atomic E-state index is 9.90. The van der Waals surface area contributed by atoms with E-state index in [0.717, 1.165) is 31.8 Å². The van der Waals surface area contributed by atoms with Crippen molar-refractivity contribution in [1.82, 2.24) is 15.1 Å². The van der Waals surface area contributed by atoms with Gasteiger partial charge in [0.05, 0.1) is 6.61 Å². The first-order valence-electron chi connectivity index (χ1n) is 8.86. The molecule has 3 atom stereocenters. The van der Waals surface area contributed by atoms with Crippen molar-refractivity contribution >= 4 is 0 Å². The van der Waals surface area contributed by atoms with Gasteiger partial charge >= 0.3 is 0 Å². The maximum Gasteiger partial charge on any atom is 0.0613 e. The average molecular weight is 297 g/mol. The van der Waals surface area contributed by atoms with Crippen LogP contribution in [0.25, 0.3) is 0 Å². The molecule has 3 unspecified atom stereocenters. The van der Waals surface area contributed by atoms with Crippen molar-refractivity contribution in [2.75, 3.05) is 40.3 Å². The Labute approximate surface area is 130 Å². The molecule has 1 aliphatic carbocycles. The molecule has 21 heavy (non-hydrogen) atoms. The van der Waals surface area contributed by atoms with Gasteiger partial charge in [-0.05, 0) is 72.1 Å². The topological polar surface area (TPSA) is 38.7 Å². The van der Waals surface area contributed by atoms with Crippen molar-refractivity contribution in [3.63, 3.8) is 0 Å². The summed E-state index contributed by atoms with van der Waals surface area (Å²) in [4.78, 5) is 5.07. The molecule has 2 aliphatic rings. The molecule has 0 aromatic rings. The molecule has 1 aliphatic heterocycles. The van der Waals surface area contributed by atoms with Gasteiger partial charge in [-0.25, -0.2) is 0 Å². The van der Waals surface area contributed by atoms with E-state index in [1.165, 1.54) is 38.8 Å². The highest BCUT2D eigenvalue weighted by atomic mass is 16.3.